The fraction of sp³-hybridized carbons (Fsp3) is 0.500. The van der Waals surface area contributed by atoms with Crippen molar-refractivity contribution in [2.24, 2.45) is 0 Å². The largest absolute Gasteiger partial charge is 0.382 e. The molecule has 33 heavy (non-hydrogen) atoms. The van der Waals surface area contributed by atoms with Crippen LogP contribution in [0.15, 0.2) is 42.5 Å². The maximum absolute atomic E-state index is 13.4. The van der Waals surface area contributed by atoms with Gasteiger partial charge in [-0.1, -0.05) is 29.8 Å². The zero-order valence-corrected chi connectivity index (χ0v) is 20.2. The van der Waals surface area contributed by atoms with E-state index in [0.29, 0.717) is 31.6 Å². The van der Waals surface area contributed by atoms with Crippen LogP contribution in [0.3, 0.4) is 0 Å². The minimum atomic E-state index is -0.241. The summed E-state index contributed by atoms with van der Waals surface area (Å²) in [5, 5.41) is 7.67. The quantitative estimate of drug-likeness (QED) is 0.657. The van der Waals surface area contributed by atoms with Gasteiger partial charge in [0.05, 0.1) is 6.42 Å². The Morgan fingerprint density at radius 3 is 2.52 bits per heavy atom. The van der Waals surface area contributed by atoms with Crippen LogP contribution in [0, 0.1) is 5.82 Å². The minimum absolute atomic E-state index is 0.132. The number of piperazine rings is 1. The van der Waals surface area contributed by atoms with Crippen LogP contribution in [0.4, 0.5) is 10.1 Å². The van der Waals surface area contributed by atoms with Crippen molar-refractivity contribution in [2.45, 2.75) is 57.8 Å². The molecule has 0 radical (unpaired) electrons. The van der Waals surface area contributed by atoms with Crippen molar-refractivity contribution in [1.82, 2.24) is 15.1 Å². The van der Waals surface area contributed by atoms with Gasteiger partial charge in [-0.05, 0) is 62.1 Å². The molecule has 0 bridgehead atoms. The number of nitrogens with one attached hydrogen (secondary N) is 2. The fourth-order valence-electron chi connectivity index (χ4n) is 5.01. The first-order valence-electron chi connectivity index (χ1n) is 11.9. The molecule has 2 aromatic carbocycles. The van der Waals surface area contributed by atoms with Crippen molar-refractivity contribution in [3.8, 4) is 0 Å². The molecule has 1 amide bonds. The van der Waals surface area contributed by atoms with Gasteiger partial charge in [0.2, 0.25) is 5.91 Å². The van der Waals surface area contributed by atoms with E-state index in [4.69, 9.17) is 11.6 Å². The van der Waals surface area contributed by atoms with Crippen molar-refractivity contribution in [1.29, 1.82) is 0 Å². The third-order valence-electron chi connectivity index (χ3n) is 6.54. The third kappa shape index (κ3) is 6.69. The number of rotatable bonds is 6. The Morgan fingerprint density at radius 1 is 1.12 bits per heavy atom. The lowest BCUT2D eigenvalue weighted by atomic mass is 10.0. The van der Waals surface area contributed by atoms with Gasteiger partial charge in [0, 0.05) is 61.6 Å². The normalized spacial score (nSPS) is 22.4. The number of amides is 1. The molecule has 0 unspecified atom stereocenters. The summed E-state index contributed by atoms with van der Waals surface area (Å²) in [4.78, 5) is 17.2. The van der Waals surface area contributed by atoms with E-state index < -0.39 is 0 Å². The summed E-state index contributed by atoms with van der Waals surface area (Å²) in [6, 6.07) is 13.8. The molecule has 0 saturated carbocycles. The lowest BCUT2D eigenvalue weighted by Crippen LogP contribution is -2.53. The van der Waals surface area contributed by atoms with Crippen LogP contribution < -0.4 is 10.6 Å². The molecule has 2 aliphatic rings. The van der Waals surface area contributed by atoms with Gasteiger partial charge >= 0.3 is 0 Å². The summed E-state index contributed by atoms with van der Waals surface area (Å²) >= 11 is 6.60. The molecule has 0 aromatic heterocycles. The molecule has 2 fully saturated rings. The highest BCUT2D eigenvalue weighted by molar-refractivity contribution is 6.31. The second kappa shape index (κ2) is 10.9. The minimum Gasteiger partial charge on any atom is -0.382 e. The molecule has 2 aromatic rings. The summed E-state index contributed by atoms with van der Waals surface area (Å²) in [5.74, 6) is -0.109. The van der Waals surface area contributed by atoms with Gasteiger partial charge in [0.25, 0.3) is 0 Å². The summed E-state index contributed by atoms with van der Waals surface area (Å²) in [5.41, 5.74) is 2.86. The molecular weight excluding hydrogens is 439 g/mol. The van der Waals surface area contributed by atoms with Crippen molar-refractivity contribution in [2.75, 3.05) is 31.5 Å². The second-order valence-corrected chi connectivity index (χ2v) is 9.98. The van der Waals surface area contributed by atoms with E-state index in [2.05, 4.69) is 35.4 Å². The zero-order chi connectivity index (χ0) is 23.4. The number of carbonyl (C=O) groups is 1. The number of piperidine rings is 1. The topological polar surface area (TPSA) is 47.6 Å². The van der Waals surface area contributed by atoms with Crippen molar-refractivity contribution < 1.29 is 9.18 Å². The summed E-state index contributed by atoms with van der Waals surface area (Å²) in [6.45, 7) is 8.66. The predicted octanol–water partition coefficient (Wildman–Crippen LogP) is 4.31. The average Bonchev–Trinajstić information content (AvgIpc) is 2.75. The van der Waals surface area contributed by atoms with Gasteiger partial charge < -0.3 is 15.5 Å². The van der Waals surface area contributed by atoms with E-state index in [9.17, 15) is 9.18 Å². The number of halogens is 2. The van der Waals surface area contributed by atoms with Crippen LogP contribution in [0.5, 0.6) is 0 Å². The van der Waals surface area contributed by atoms with E-state index >= 15 is 0 Å². The van der Waals surface area contributed by atoms with Crippen molar-refractivity contribution in [3.63, 3.8) is 0 Å². The van der Waals surface area contributed by atoms with Crippen LogP contribution in [0.2, 0.25) is 5.02 Å². The van der Waals surface area contributed by atoms with Gasteiger partial charge in [-0.25, -0.2) is 4.39 Å². The summed E-state index contributed by atoms with van der Waals surface area (Å²) in [7, 11) is 0. The molecule has 7 heteroatoms. The molecule has 2 aliphatic heterocycles. The number of anilines is 1. The van der Waals surface area contributed by atoms with Gasteiger partial charge in [0.15, 0.2) is 0 Å². The van der Waals surface area contributed by atoms with Crippen LogP contribution in [0.1, 0.15) is 37.8 Å². The number of benzene rings is 2. The summed E-state index contributed by atoms with van der Waals surface area (Å²) < 4.78 is 13.4. The van der Waals surface area contributed by atoms with Crippen molar-refractivity contribution in [3.05, 3.63) is 64.4 Å². The Bertz CT molecular complexity index is 953. The van der Waals surface area contributed by atoms with E-state index in [1.807, 2.05) is 23.1 Å². The SMILES string of the molecule is C[C@@H]1CN(Cc2ccc(CC(=O)N3CCC(Nc4cccc(F)c4)CC3)cc2Cl)C[C@H](C)N1. The molecule has 178 valence electrons. The Hall–Kier alpha value is -2.15. The van der Waals surface area contributed by atoms with Crippen LogP contribution in [-0.2, 0) is 17.8 Å². The highest BCUT2D eigenvalue weighted by atomic mass is 35.5. The highest BCUT2D eigenvalue weighted by Crippen LogP contribution is 2.23. The van der Waals surface area contributed by atoms with E-state index in [1.54, 1.807) is 6.07 Å². The number of carbonyl (C=O) groups excluding carboxylic acids is 1. The van der Waals surface area contributed by atoms with Gasteiger partial charge in [-0.15, -0.1) is 0 Å². The highest BCUT2D eigenvalue weighted by Gasteiger charge is 2.24. The van der Waals surface area contributed by atoms with Gasteiger partial charge in [-0.2, -0.15) is 0 Å². The molecule has 4 rings (SSSR count). The van der Waals surface area contributed by atoms with Gasteiger partial charge in [0.1, 0.15) is 5.82 Å². The lowest BCUT2D eigenvalue weighted by molar-refractivity contribution is -0.131. The molecule has 5 nitrogen and oxygen atoms in total. The number of likely N-dealkylation sites (tertiary alicyclic amines) is 1. The molecular formula is C26H34ClFN4O. The first-order chi connectivity index (χ1) is 15.9. The Morgan fingerprint density at radius 2 is 1.85 bits per heavy atom. The lowest BCUT2D eigenvalue weighted by Gasteiger charge is -2.36. The Kier molecular flexibility index (Phi) is 7.89. The van der Waals surface area contributed by atoms with E-state index in [1.165, 1.54) is 12.1 Å². The first kappa shape index (κ1) is 24.0. The predicted molar refractivity (Wildman–Crippen MR) is 132 cm³/mol. The standard InChI is InChI=1S/C26H34ClFN4O/c1-18-15-31(16-19(2)29-18)17-21-7-6-20(12-25(21)27)13-26(33)32-10-8-23(9-11-32)30-24-5-3-4-22(28)14-24/h3-7,12,14,18-19,23,29-30H,8-11,13,15-17H2,1-2H3/t18-,19+. The van der Waals surface area contributed by atoms with Gasteiger partial charge in [-0.3, -0.25) is 9.69 Å². The Labute approximate surface area is 201 Å². The Balaban J connectivity index is 1.27. The smallest absolute Gasteiger partial charge is 0.226 e. The molecule has 2 saturated heterocycles. The molecule has 2 N–H and O–H groups in total. The van der Waals surface area contributed by atoms with E-state index in [-0.39, 0.29) is 17.8 Å². The van der Waals surface area contributed by atoms with Crippen molar-refractivity contribution >= 4 is 23.2 Å². The maximum Gasteiger partial charge on any atom is 0.226 e. The fourth-order valence-corrected chi connectivity index (χ4v) is 5.28. The number of hydrogen-bond donors (Lipinski definition) is 2. The maximum atomic E-state index is 13.4. The monoisotopic (exact) mass is 472 g/mol. The molecule has 0 aliphatic carbocycles. The summed E-state index contributed by atoms with van der Waals surface area (Å²) in [6.07, 6.45) is 2.07. The second-order valence-electron chi connectivity index (χ2n) is 9.58. The molecule has 2 heterocycles. The molecule has 2 atom stereocenters. The average molecular weight is 473 g/mol. The molecule has 0 spiro atoms. The van der Waals surface area contributed by atoms with Crippen LogP contribution in [0.25, 0.3) is 0 Å². The first-order valence-corrected chi connectivity index (χ1v) is 12.3. The third-order valence-corrected chi connectivity index (χ3v) is 6.89. The van der Waals surface area contributed by atoms with E-state index in [0.717, 1.165) is 54.3 Å². The zero-order valence-electron chi connectivity index (χ0n) is 19.5. The number of hydrogen-bond acceptors (Lipinski definition) is 4. The van der Waals surface area contributed by atoms with Crippen LogP contribution in [-0.4, -0.2) is 60.0 Å². The number of nitrogens with zero attached hydrogens (tertiary/aromatic N) is 2. The van der Waals surface area contributed by atoms with Crippen LogP contribution >= 0.6 is 11.6 Å².